The van der Waals surface area contributed by atoms with Crippen molar-refractivity contribution in [3.05, 3.63) is 71.9 Å². The maximum atomic E-state index is 13.1. The third kappa shape index (κ3) is 6.18. The summed E-state index contributed by atoms with van der Waals surface area (Å²) >= 11 is 1.43. The van der Waals surface area contributed by atoms with Crippen LogP contribution in [0.15, 0.2) is 55.3 Å². The molecule has 11 nitrogen and oxygen atoms in total. The van der Waals surface area contributed by atoms with Crippen LogP contribution in [0.25, 0.3) is 0 Å². The lowest BCUT2D eigenvalue weighted by Gasteiger charge is -2.34. The van der Waals surface area contributed by atoms with E-state index in [0.29, 0.717) is 36.5 Å². The molecule has 2 aliphatic heterocycles. The van der Waals surface area contributed by atoms with E-state index in [9.17, 15) is 9.59 Å². The van der Waals surface area contributed by atoms with Crippen LogP contribution in [0.3, 0.4) is 0 Å². The number of anilines is 5. The van der Waals surface area contributed by atoms with Gasteiger partial charge in [-0.3, -0.25) is 9.59 Å². The summed E-state index contributed by atoms with van der Waals surface area (Å²) in [6.45, 7) is 6.56. The van der Waals surface area contributed by atoms with Gasteiger partial charge in [0.1, 0.15) is 23.0 Å². The number of pyridine rings is 1. The van der Waals surface area contributed by atoms with Crippen molar-refractivity contribution in [3.8, 4) is 0 Å². The molecule has 5 rings (SSSR count). The summed E-state index contributed by atoms with van der Waals surface area (Å²) in [5, 5.41) is 9.16. The van der Waals surface area contributed by atoms with Crippen molar-refractivity contribution in [2.75, 3.05) is 48.3 Å². The largest absolute Gasteiger partial charge is 0.348 e. The molecule has 2 aliphatic rings. The smallest absolute Gasteiger partial charge is 0.256 e. The number of benzene rings is 1. The molecule has 2 amide bonds. The number of amides is 2. The highest BCUT2D eigenvalue weighted by molar-refractivity contribution is 7.99. The molecule has 1 aromatic carbocycles. The molecule has 0 saturated carbocycles. The monoisotopic (exact) mass is 559 g/mol. The molecule has 0 spiro atoms. The topological polar surface area (TPSA) is 127 Å². The number of carbonyl (C=O) groups is 2. The normalized spacial score (nSPS) is 15.4. The van der Waals surface area contributed by atoms with Gasteiger partial charge in [0.15, 0.2) is 0 Å². The van der Waals surface area contributed by atoms with Gasteiger partial charge in [0.05, 0.1) is 0 Å². The van der Waals surface area contributed by atoms with Gasteiger partial charge >= 0.3 is 0 Å². The van der Waals surface area contributed by atoms with Crippen molar-refractivity contribution in [3.63, 3.8) is 0 Å². The zero-order valence-corrected chi connectivity index (χ0v) is 23.4. The number of rotatable bonds is 10. The van der Waals surface area contributed by atoms with E-state index < -0.39 is 0 Å². The first-order valence-corrected chi connectivity index (χ1v) is 14.4. The average Bonchev–Trinajstić information content (AvgIpc) is 3.28. The van der Waals surface area contributed by atoms with E-state index in [2.05, 4.69) is 54.2 Å². The molecular weight excluding hydrogens is 526 g/mol. The van der Waals surface area contributed by atoms with Crippen molar-refractivity contribution >= 4 is 52.9 Å². The number of aromatic nitrogens is 3. The van der Waals surface area contributed by atoms with Crippen LogP contribution in [0.4, 0.5) is 29.1 Å². The van der Waals surface area contributed by atoms with Gasteiger partial charge in [-0.25, -0.2) is 9.97 Å². The molecule has 0 atom stereocenters. The number of nitrogens with one attached hydrogen (secondary N) is 4. The number of hydrogen-bond acceptors (Lipinski definition) is 10. The molecule has 1 saturated heterocycles. The number of hydrogen-bond donors (Lipinski definition) is 4. The third-order valence-electron chi connectivity index (χ3n) is 6.96. The first-order valence-electron chi connectivity index (χ1n) is 13.1. The van der Waals surface area contributed by atoms with Crippen LogP contribution in [-0.2, 0) is 6.54 Å². The zero-order chi connectivity index (χ0) is 28.1. The minimum Gasteiger partial charge on any atom is -0.348 e. The summed E-state index contributed by atoms with van der Waals surface area (Å²) in [5.74, 6) is 1.56. The Bertz CT molecular complexity index is 1410. The first kappa shape index (κ1) is 27.4. The van der Waals surface area contributed by atoms with Crippen LogP contribution in [0.1, 0.15) is 39.1 Å². The van der Waals surface area contributed by atoms with Gasteiger partial charge in [0.25, 0.3) is 11.8 Å². The second kappa shape index (κ2) is 12.3. The van der Waals surface area contributed by atoms with Crippen LogP contribution in [0.2, 0.25) is 0 Å². The Morgan fingerprint density at radius 1 is 1.15 bits per heavy atom. The van der Waals surface area contributed by atoms with Crippen molar-refractivity contribution in [2.24, 2.45) is 0 Å². The minimum absolute atomic E-state index is 0.0967. The summed E-state index contributed by atoms with van der Waals surface area (Å²) in [6.07, 6.45) is 6.96. The van der Waals surface area contributed by atoms with E-state index in [1.807, 2.05) is 41.5 Å². The van der Waals surface area contributed by atoms with Crippen molar-refractivity contribution in [2.45, 2.75) is 25.4 Å². The van der Waals surface area contributed by atoms with Crippen molar-refractivity contribution in [1.29, 1.82) is 0 Å². The lowest BCUT2D eigenvalue weighted by molar-refractivity contribution is 0.0616. The highest BCUT2D eigenvalue weighted by Crippen LogP contribution is 2.31. The Morgan fingerprint density at radius 2 is 1.95 bits per heavy atom. The van der Waals surface area contributed by atoms with E-state index in [-0.39, 0.29) is 23.4 Å². The summed E-state index contributed by atoms with van der Waals surface area (Å²) in [6, 6.07) is 11.4. The fourth-order valence-electron chi connectivity index (χ4n) is 4.90. The molecule has 40 heavy (non-hydrogen) atoms. The van der Waals surface area contributed by atoms with Crippen molar-refractivity contribution in [1.82, 2.24) is 30.1 Å². The molecule has 2 aromatic heterocycles. The van der Waals surface area contributed by atoms with Crippen LogP contribution in [0, 0.1) is 0 Å². The van der Waals surface area contributed by atoms with E-state index in [0.717, 1.165) is 42.7 Å². The summed E-state index contributed by atoms with van der Waals surface area (Å²) in [7, 11) is 2.12. The fourth-order valence-corrected chi connectivity index (χ4v) is 5.23. The Hall–Kier alpha value is -4.16. The highest BCUT2D eigenvalue weighted by atomic mass is 32.2. The molecule has 4 heterocycles. The van der Waals surface area contributed by atoms with E-state index in [1.54, 1.807) is 12.1 Å². The molecule has 208 valence electrons. The number of carbonyl (C=O) groups excluding carboxylic acids is 2. The average molecular weight is 560 g/mol. The predicted octanol–water partition coefficient (Wildman–Crippen LogP) is 4.01. The van der Waals surface area contributed by atoms with Gasteiger partial charge in [-0.2, -0.15) is 4.98 Å². The molecule has 4 N–H and O–H groups in total. The van der Waals surface area contributed by atoms with E-state index >= 15 is 0 Å². The lowest BCUT2D eigenvalue weighted by atomic mass is 10.0. The Labute approximate surface area is 238 Å². The Morgan fingerprint density at radius 3 is 2.73 bits per heavy atom. The quantitative estimate of drug-likeness (QED) is 0.214. The second-order valence-corrected chi connectivity index (χ2v) is 10.4. The van der Waals surface area contributed by atoms with Gasteiger partial charge in [0.2, 0.25) is 5.95 Å². The molecule has 0 aliphatic carbocycles. The zero-order valence-electron chi connectivity index (χ0n) is 22.6. The molecule has 12 heteroatoms. The standard InChI is InChI=1S/C28H33N9O2S/c1-4-12-29-26(38)22-16-30-28(34-25(22)33-23-6-5-7-24(32-23)35-40-3)31-19-8-9-21-18(15-19)17-37(27(21)39)20-10-13-36(2)14-11-20/h4-9,15-16,20H,1,10-14,17H2,2-3H3,(H,29,38)(H3,30,31,32,33,34,35). The first-order chi connectivity index (χ1) is 19.4. The molecule has 0 bridgehead atoms. The molecule has 0 radical (unpaired) electrons. The van der Waals surface area contributed by atoms with Gasteiger partial charge < -0.3 is 30.5 Å². The highest BCUT2D eigenvalue weighted by Gasteiger charge is 2.34. The van der Waals surface area contributed by atoms with Crippen molar-refractivity contribution < 1.29 is 9.59 Å². The molecular formula is C28H33N9O2S. The second-order valence-electron chi connectivity index (χ2n) is 9.76. The summed E-state index contributed by atoms with van der Waals surface area (Å²) in [5.41, 5.74) is 2.75. The Kier molecular flexibility index (Phi) is 8.46. The van der Waals surface area contributed by atoms with Crippen LogP contribution >= 0.6 is 11.9 Å². The molecule has 3 aromatic rings. The summed E-state index contributed by atoms with van der Waals surface area (Å²) in [4.78, 5) is 43.7. The number of likely N-dealkylation sites (tertiary alicyclic amines) is 1. The van der Waals surface area contributed by atoms with Gasteiger partial charge in [0, 0.05) is 42.8 Å². The third-order valence-corrected chi connectivity index (χ3v) is 7.38. The molecule has 0 unspecified atom stereocenters. The number of piperidine rings is 1. The fraction of sp³-hybridized carbons (Fsp3) is 0.321. The number of nitrogens with zero attached hydrogens (tertiary/aromatic N) is 5. The van der Waals surface area contributed by atoms with Gasteiger partial charge in [-0.1, -0.05) is 24.1 Å². The summed E-state index contributed by atoms with van der Waals surface area (Å²) < 4.78 is 3.09. The van der Waals surface area contributed by atoms with Crippen LogP contribution in [-0.4, -0.2) is 75.5 Å². The maximum absolute atomic E-state index is 13.1. The number of fused-ring (bicyclic) bond motifs is 1. The maximum Gasteiger partial charge on any atom is 0.256 e. The molecule has 1 fully saturated rings. The lowest BCUT2D eigenvalue weighted by Crippen LogP contribution is -2.43. The van der Waals surface area contributed by atoms with E-state index in [1.165, 1.54) is 18.1 Å². The predicted molar refractivity (Wildman–Crippen MR) is 159 cm³/mol. The Balaban J connectivity index is 1.36. The minimum atomic E-state index is -0.336. The van der Waals surface area contributed by atoms with Gasteiger partial charge in [-0.15, -0.1) is 6.58 Å². The van der Waals surface area contributed by atoms with Crippen LogP contribution in [0.5, 0.6) is 0 Å². The van der Waals surface area contributed by atoms with E-state index in [4.69, 9.17) is 0 Å². The SMILES string of the molecule is C=CCNC(=O)c1cnc(Nc2ccc3c(c2)CN(C2CCN(C)CC2)C3=O)nc1Nc1cccc(NSC)n1. The van der Waals surface area contributed by atoms with Gasteiger partial charge in [-0.05, 0) is 68.9 Å². The van der Waals surface area contributed by atoms with Crippen LogP contribution < -0.4 is 20.7 Å².